The normalized spacial score (nSPS) is 16.2. The lowest BCUT2D eigenvalue weighted by Crippen LogP contribution is -2.38. The minimum absolute atomic E-state index is 0.00208. The van der Waals surface area contributed by atoms with Crippen molar-refractivity contribution in [2.24, 2.45) is 0 Å². The van der Waals surface area contributed by atoms with Crippen molar-refractivity contribution >= 4 is 25.7 Å². The summed E-state index contributed by atoms with van der Waals surface area (Å²) in [7, 11) is -7.81. The van der Waals surface area contributed by atoms with E-state index >= 15 is 0 Å². The molecule has 8 nitrogen and oxygen atoms in total. The van der Waals surface area contributed by atoms with Crippen LogP contribution in [0.3, 0.4) is 0 Å². The van der Waals surface area contributed by atoms with Crippen LogP contribution in [-0.2, 0) is 26.6 Å². The molecule has 0 N–H and O–H groups in total. The number of aryl methyl sites for hydroxylation is 2. The molecule has 10 heteroatoms. The Morgan fingerprint density at radius 1 is 0.706 bits per heavy atom. The lowest BCUT2D eigenvalue weighted by atomic mass is 10.1. The molecule has 3 aromatic carbocycles. The van der Waals surface area contributed by atoms with Crippen molar-refractivity contribution in [3.8, 4) is 11.5 Å². The Bertz CT molecular complexity index is 1450. The molecule has 178 valence electrons. The molecule has 0 spiro atoms. The number of benzene rings is 3. The summed E-state index contributed by atoms with van der Waals surface area (Å²) < 4.78 is 67.8. The van der Waals surface area contributed by atoms with Gasteiger partial charge in [0.05, 0.1) is 15.5 Å². The third-order valence-corrected chi connectivity index (χ3v) is 9.70. The summed E-state index contributed by atoms with van der Waals surface area (Å²) >= 11 is 0. The molecule has 2 aliphatic rings. The molecule has 34 heavy (non-hydrogen) atoms. The van der Waals surface area contributed by atoms with Crippen molar-refractivity contribution in [2.45, 2.75) is 30.2 Å². The molecule has 0 saturated carbocycles. The Hall–Kier alpha value is -3.08. The lowest BCUT2D eigenvalue weighted by Gasteiger charge is -2.25. The molecular formula is C24H24N2O6S2. The third-order valence-electron chi connectivity index (χ3n) is 6.01. The van der Waals surface area contributed by atoms with Crippen molar-refractivity contribution in [2.75, 3.05) is 24.2 Å². The van der Waals surface area contributed by atoms with Crippen LogP contribution in [0.4, 0.5) is 5.69 Å². The van der Waals surface area contributed by atoms with Crippen molar-refractivity contribution in [3.05, 3.63) is 77.4 Å². The quantitative estimate of drug-likeness (QED) is 0.545. The Labute approximate surface area is 199 Å². The average molecular weight is 501 g/mol. The van der Waals surface area contributed by atoms with Crippen LogP contribution < -0.4 is 13.8 Å². The summed E-state index contributed by atoms with van der Waals surface area (Å²) in [5, 5.41) is 0. The summed E-state index contributed by atoms with van der Waals surface area (Å²) in [6, 6.07) is 16.5. The van der Waals surface area contributed by atoms with Crippen molar-refractivity contribution in [3.63, 3.8) is 0 Å². The molecule has 0 aromatic heterocycles. The summed E-state index contributed by atoms with van der Waals surface area (Å²) in [6.45, 7) is 3.73. The Morgan fingerprint density at radius 2 is 1.24 bits per heavy atom. The predicted octanol–water partition coefficient (Wildman–Crippen LogP) is 3.43. The highest BCUT2D eigenvalue weighted by Gasteiger charge is 2.35. The smallest absolute Gasteiger partial charge is 0.264 e. The van der Waals surface area contributed by atoms with Crippen molar-refractivity contribution in [1.82, 2.24) is 4.31 Å². The van der Waals surface area contributed by atoms with E-state index in [9.17, 15) is 16.8 Å². The second-order valence-corrected chi connectivity index (χ2v) is 12.2. The van der Waals surface area contributed by atoms with Gasteiger partial charge in [0.1, 0.15) is 0 Å². The van der Waals surface area contributed by atoms with Crippen LogP contribution in [0.5, 0.6) is 11.5 Å². The molecule has 0 radical (unpaired) electrons. The first kappa shape index (κ1) is 22.7. The van der Waals surface area contributed by atoms with Gasteiger partial charge < -0.3 is 9.47 Å². The van der Waals surface area contributed by atoms with E-state index in [1.807, 2.05) is 13.8 Å². The van der Waals surface area contributed by atoms with E-state index in [1.165, 1.54) is 8.61 Å². The molecule has 5 rings (SSSR count). The van der Waals surface area contributed by atoms with Crippen molar-refractivity contribution in [1.29, 1.82) is 0 Å². The van der Waals surface area contributed by atoms with Gasteiger partial charge in [-0.15, -0.1) is 0 Å². The Morgan fingerprint density at radius 3 is 1.82 bits per heavy atom. The van der Waals surface area contributed by atoms with E-state index in [0.717, 1.165) is 11.1 Å². The lowest BCUT2D eigenvalue weighted by molar-refractivity contribution is 0.174. The van der Waals surface area contributed by atoms with E-state index < -0.39 is 20.0 Å². The van der Waals surface area contributed by atoms with Gasteiger partial charge in [0.15, 0.2) is 11.5 Å². The number of fused-ring (bicyclic) bond motifs is 2. The highest BCUT2D eigenvalue weighted by Crippen LogP contribution is 2.42. The zero-order chi connectivity index (χ0) is 24.1. The van der Waals surface area contributed by atoms with Gasteiger partial charge in [-0.25, -0.2) is 16.8 Å². The zero-order valence-electron chi connectivity index (χ0n) is 18.8. The number of sulfonamides is 2. The van der Waals surface area contributed by atoms with Crippen LogP contribution in [0.2, 0.25) is 0 Å². The largest absolute Gasteiger partial charge is 0.454 e. The number of anilines is 1. The molecular weight excluding hydrogens is 476 g/mol. The fourth-order valence-corrected chi connectivity index (χ4v) is 6.97. The molecule has 0 saturated heterocycles. The fraction of sp³-hybridized carbons (Fsp3) is 0.250. The standard InChI is InChI=1S/C24H24N2O6S2/c1-17-3-7-20(8-4-17)33(27,28)25-11-12-26(34(29,30)21-9-5-18(2)6-10-21)22-14-24-23(31-16-32-24)13-19(22)15-25/h3-10,13-14H,11-12,15-16H2,1-2H3. The Kier molecular flexibility index (Phi) is 5.54. The highest BCUT2D eigenvalue weighted by atomic mass is 32.2. The highest BCUT2D eigenvalue weighted by molar-refractivity contribution is 7.92. The van der Waals surface area contributed by atoms with Crippen LogP contribution in [0.25, 0.3) is 0 Å². The first-order valence-electron chi connectivity index (χ1n) is 10.7. The first-order valence-corrected chi connectivity index (χ1v) is 13.6. The number of ether oxygens (including phenoxy) is 2. The zero-order valence-corrected chi connectivity index (χ0v) is 20.4. The number of nitrogens with zero attached hydrogens (tertiary/aromatic N) is 2. The van der Waals surface area contributed by atoms with E-state index in [4.69, 9.17) is 9.47 Å². The summed E-state index contributed by atoms with van der Waals surface area (Å²) in [5.74, 6) is 0.888. The molecule has 2 heterocycles. The second kappa shape index (κ2) is 8.30. The van der Waals surface area contributed by atoms with E-state index in [-0.39, 0.29) is 36.2 Å². The van der Waals surface area contributed by atoms with Crippen LogP contribution >= 0.6 is 0 Å². The maximum atomic E-state index is 13.7. The predicted molar refractivity (Wildman–Crippen MR) is 127 cm³/mol. The third kappa shape index (κ3) is 3.91. The van der Waals surface area contributed by atoms with Gasteiger partial charge in [-0.1, -0.05) is 35.4 Å². The van der Waals surface area contributed by atoms with Crippen LogP contribution in [0.15, 0.2) is 70.5 Å². The fourth-order valence-electron chi connectivity index (χ4n) is 4.08. The molecule has 0 unspecified atom stereocenters. The molecule has 0 aliphatic carbocycles. The minimum atomic E-state index is -3.96. The SMILES string of the molecule is Cc1ccc(S(=O)(=O)N2CCN(S(=O)(=O)c3ccc(C)cc3)c3cc4c(cc3C2)OCO4)cc1. The monoisotopic (exact) mass is 500 g/mol. The molecule has 0 atom stereocenters. The van der Waals surface area contributed by atoms with Gasteiger partial charge >= 0.3 is 0 Å². The molecule has 2 aliphatic heterocycles. The van der Waals surface area contributed by atoms with Gasteiger partial charge in [0.2, 0.25) is 16.8 Å². The summed E-state index contributed by atoms with van der Waals surface area (Å²) in [6.07, 6.45) is 0. The summed E-state index contributed by atoms with van der Waals surface area (Å²) in [5.41, 5.74) is 2.79. The van der Waals surface area contributed by atoms with E-state index in [0.29, 0.717) is 22.7 Å². The average Bonchev–Trinajstić information content (AvgIpc) is 3.16. The van der Waals surface area contributed by atoms with E-state index in [2.05, 4.69) is 0 Å². The van der Waals surface area contributed by atoms with Crippen molar-refractivity contribution < 1.29 is 26.3 Å². The van der Waals surface area contributed by atoms with Crippen LogP contribution in [0, 0.1) is 13.8 Å². The van der Waals surface area contributed by atoms with Gasteiger partial charge in [0, 0.05) is 25.7 Å². The number of hydrogen-bond acceptors (Lipinski definition) is 6. The first-order chi connectivity index (χ1) is 16.2. The van der Waals surface area contributed by atoms with Crippen LogP contribution in [0.1, 0.15) is 16.7 Å². The van der Waals surface area contributed by atoms with Gasteiger partial charge in [-0.2, -0.15) is 4.31 Å². The van der Waals surface area contributed by atoms with Crippen LogP contribution in [-0.4, -0.2) is 41.0 Å². The number of hydrogen-bond donors (Lipinski definition) is 0. The van der Waals surface area contributed by atoms with E-state index in [1.54, 1.807) is 60.7 Å². The van der Waals surface area contributed by atoms with Gasteiger partial charge in [-0.05, 0) is 49.7 Å². The number of rotatable bonds is 4. The second-order valence-electron chi connectivity index (χ2n) is 8.38. The molecule has 0 fully saturated rings. The maximum absolute atomic E-state index is 13.7. The maximum Gasteiger partial charge on any atom is 0.264 e. The summed E-state index contributed by atoms with van der Waals surface area (Å²) in [4.78, 5) is 0.298. The minimum Gasteiger partial charge on any atom is -0.454 e. The molecule has 0 bridgehead atoms. The van der Waals surface area contributed by atoms with Gasteiger partial charge in [0.25, 0.3) is 10.0 Å². The molecule has 3 aromatic rings. The molecule has 0 amide bonds. The van der Waals surface area contributed by atoms with Gasteiger partial charge in [-0.3, -0.25) is 4.31 Å². The Balaban J connectivity index is 1.60. The topological polar surface area (TPSA) is 93.2 Å².